The Morgan fingerprint density at radius 3 is 2.73 bits per heavy atom. The van der Waals surface area contributed by atoms with Crippen LogP contribution >= 0.6 is 0 Å². The lowest BCUT2D eigenvalue weighted by Crippen LogP contribution is -2.43. The Bertz CT molecular complexity index is 1300. The van der Waals surface area contributed by atoms with Crippen molar-refractivity contribution in [3.8, 4) is 0 Å². The SMILES string of the molecule is CC(C)Cc1cc(C(=O)N2CCC[C@@H](C(=O)c3ccc4c5c(cccc35)CC4)C2)nc(=O)[nH]1. The van der Waals surface area contributed by atoms with E-state index in [0.29, 0.717) is 31.1 Å². The number of benzene rings is 2. The van der Waals surface area contributed by atoms with Gasteiger partial charge in [0.2, 0.25) is 0 Å². The van der Waals surface area contributed by atoms with E-state index in [0.717, 1.165) is 36.6 Å². The Morgan fingerprint density at radius 1 is 1.15 bits per heavy atom. The van der Waals surface area contributed by atoms with E-state index in [2.05, 4.69) is 35.9 Å². The van der Waals surface area contributed by atoms with Crippen molar-refractivity contribution < 1.29 is 9.59 Å². The van der Waals surface area contributed by atoms with E-state index in [1.54, 1.807) is 11.0 Å². The molecule has 0 spiro atoms. The Labute approximate surface area is 193 Å². The van der Waals surface area contributed by atoms with Crippen LogP contribution in [0.2, 0.25) is 0 Å². The molecule has 1 aromatic heterocycles. The second-order valence-corrected chi connectivity index (χ2v) is 9.76. The number of likely N-dealkylation sites (tertiary alicyclic amines) is 1. The molecule has 0 unspecified atom stereocenters. The van der Waals surface area contributed by atoms with Crippen LogP contribution in [0.1, 0.15) is 64.4 Å². The fourth-order valence-electron chi connectivity index (χ4n) is 5.39. The number of aryl methyl sites for hydroxylation is 2. The van der Waals surface area contributed by atoms with Gasteiger partial charge in [-0.05, 0) is 66.0 Å². The van der Waals surface area contributed by atoms with Gasteiger partial charge >= 0.3 is 5.69 Å². The predicted molar refractivity (Wildman–Crippen MR) is 128 cm³/mol. The third-order valence-electron chi connectivity index (χ3n) is 6.87. The highest BCUT2D eigenvalue weighted by atomic mass is 16.2. The minimum absolute atomic E-state index is 0.0995. The van der Waals surface area contributed by atoms with Gasteiger partial charge in [-0.2, -0.15) is 4.98 Å². The van der Waals surface area contributed by atoms with Crippen molar-refractivity contribution in [1.82, 2.24) is 14.9 Å². The molecule has 1 N–H and O–H groups in total. The average Bonchev–Trinajstić information content (AvgIpc) is 3.22. The number of rotatable bonds is 5. The van der Waals surface area contributed by atoms with E-state index >= 15 is 0 Å². The number of H-pyrrole nitrogens is 1. The number of amides is 1. The number of hydrogen-bond donors (Lipinski definition) is 1. The molecule has 1 aliphatic carbocycles. The maximum Gasteiger partial charge on any atom is 0.345 e. The monoisotopic (exact) mass is 443 g/mol. The summed E-state index contributed by atoms with van der Waals surface area (Å²) in [5, 5.41) is 2.27. The van der Waals surface area contributed by atoms with Gasteiger partial charge in [0, 0.05) is 30.3 Å². The first-order valence-corrected chi connectivity index (χ1v) is 11.9. The van der Waals surface area contributed by atoms with Crippen LogP contribution in [0, 0.1) is 11.8 Å². The number of ketones is 1. The van der Waals surface area contributed by atoms with E-state index in [4.69, 9.17) is 0 Å². The van der Waals surface area contributed by atoms with Gasteiger partial charge in [0.25, 0.3) is 5.91 Å². The third kappa shape index (κ3) is 4.10. The minimum Gasteiger partial charge on any atom is -0.337 e. The first kappa shape index (κ1) is 21.6. The van der Waals surface area contributed by atoms with Crippen molar-refractivity contribution in [2.24, 2.45) is 11.8 Å². The summed E-state index contributed by atoms with van der Waals surface area (Å²) in [6.45, 7) is 5.04. The van der Waals surface area contributed by atoms with Gasteiger partial charge in [0.05, 0.1) is 0 Å². The van der Waals surface area contributed by atoms with E-state index < -0.39 is 5.69 Å². The molecule has 3 aromatic rings. The highest BCUT2D eigenvalue weighted by molar-refractivity contribution is 6.11. The van der Waals surface area contributed by atoms with Gasteiger partial charge in [-0.25, -0.2) is 4.79 Å². The van der Waals surface area contributed by atoms with Gasteiger partial charge in [-0.15, -0.1) is 0 Å². The number of nitrogens with zero attached hydrogens (tertiary/aromatic N) is 2. The lowest BCUT2D eigenvalue weighted by Gasteiger charge is -2.32. The fourth-order valence-corrected chi connectivity index (χ4v) is 5.39. The first-order valence-electron chi connectivity index (χ1n) is 11.9. The van der Waals surface area contributed by atoms with Crippen molar-refractivity contribution in [1.29, 1.82) is 0 Å². The molecule has 1 fully saturated rings. The molecule has 170 valence electrons. The summed E-state index contributed by atoms with van der Waals surface area (Å²) in [6.07, 6.45) is 4.23. The summed E-state index contributed by atoms with van der Waals surface area (Å²) in [4.78, 5) is 47.2. The maximum absolute atomic E-state index is 13.6. The molecular weight excluding hydrogens is 414 g/mol. The van der Waals surface area contributed by atoms with E-state index in [1.165, 1.54) is 16.5 Å². The molecule has 1 atom stereocenters. The zero-order valence-corrected chi connectivity index (χ0v) is 19.2. The summed E-state index contributed by atoms with van der Waals surface area (Å²) in [6, 6.07) is 12.0. The van der Waals surface area contributed by atoms with Crippen molar-refractivity contribution in [2.75, 3.05) is 13.1 Å². The Balaban J connectivity index is 1.39. The maximum atomic E-state index is 13.6. The number of hydrogen-bond acceptors (Lipinski definition) is 4. The predicted octanol–water partition coefficient (Wildman–Crippen LogP) is 3.96. The molecule has 6 heteroatoms. The minimum atomic E-state index is -0.506. The fraction of sp³-hybridized carbons (Fsp3) is 0.407. The summed E-state index contributed by atoms with van der Waals surface area (Å²) < 4.78 is 0. The standard InChI is InChI=1S/C27H29N3O3/c1-16(2)13-20-14-23(29-27(33)28-20)26(32)30-12-4-6-19(15-30)25(31)22-11-10-18-9-8-17-5-3-7-21(22)24(17)18/h3,5,7,10-11,14,16,19H,4,6,8-9,12-13,15H2,1-2H3,(H,28,29,33)/t19-/m1/s1. The average molecular weight is 444 g/mol. The summed E-state index contributed by atoms with van der Waals surface area (Å²) in [5.41, 5.74) is 3.75. The molecule has 5 rings (SSSR count). The van der Waals surface area contributed by atoms with Crippen molar-refractivity contribution in [3.05, 3.63) is 75.0 Å². The molecule has 33 heavy (non-hydrogen) atoms. The number of nitrogens with one attached hydrogen (secondary N) is 1. The largest absolute Gasteiger partial charge is 0.345 e. The highest BCUT2D eigenvalue weighted by Crippen LogP contribution is 2.34. The van der Waals surface area contributed by atoms with Crippen LogP contribution in [-0.2, 0) is 19.3 Å². The molecule has 0 saturated carbocycles. The van der Waals surface area contributed by atoms with E-state index in [-0.39, 0.29) is 23.3 Å². The summed E-state index contributed by atoms with van der Waals surface area (Å²) in [7, 11) is 0. The summed E-state index contributed by atoms with van der Waals surface area (Å²) in [5.74, 6) is -0.0782. The highest BCUT2D eigenvalue weighted by Gasteiger charge is 2.31. The molecule has 2 aliphatic rings. The van der Waals surface area contributed by atoms with Gasteiger partial charge in [0.1, 0.15) is 5.69 Å². The molecule has 1 aliphatic heterocycles. The smallest absolute Gasteiger partial charge is 0.337 e. The van der Waals surface area contributed by atoms with Crippen LogP contribution in [0.25, 0.3) is 10.8 Å². The number of carbonyl (C=O) groups is 2. The Hall–Kier alpha value is -3.28. The number of Topliss-reactive ketones (excluding diaryl/α,β-unsaturated/α-hetero) is 1. The second-order valence-electron chi connectivity index (χ2n) is 9.76. The molecule has 1 saturated heterocycles. The van der Waals surface area contributed by atoms with Gasteiger partial charge < -0.3 is 9.88 Å². The molecule has 1 amide bonds. The van der Waals surface area contributed by atoms with E-state index in [1.807, 2.05) is 18.2 Å². The lowest BCUT2D eigenvalue weighted by molar-refractivity contribution is 0.0632. The van der Waals surface area contributed by atoms with Crippen LogP contribution in [-0.4, -0.2) is 39.6 Å². The van der Waals surface area contributed by atoms with Gasteiger partial charge in [0.15, 0.2) is 5.78 Å². The van der Waals surface area contributed by atoms with Crippen molar-refractivity contribution in [3.63, 3.8) is 0 Å². The zero-order valence-electron chi connectivity index (χ0n) is 19.2. The quantitative estimate of drug-likeness (QED) is 0.605. The molecule has 6 nitrogen and oxygen atoms in total. The van der Waals surface area contributed by atoms with Gasteiger partial charge in [-0.1, -0.05) is 44.2 Å². The Morgan fingerprint density at radius 2 is 1.94 bits per heavy atom. The zero-order chi connectivity index (χ0) is 23.1. The van der Waals surface area contributed by atoms with Crippen molar-refractivity contribution in [2.45, 2.75) is 46.0 Å². The molecule has 0 bridgehead atoms. The molecule has 2 heterocycles. The number of aromatic amines is 1. The van der Waals surface area contributed by atoms with Crippen LogP contribution in [0.4, 0.5) is 0 Å². The van der Waals surface area contributed by atoms with E-state index in [9.17, 15) is 14.4 Å². The van der Waals surface area contributed by atoms with Gasteiger partial charge in [-0.3, -0.25) is 9.59 Å². The number of aromatic nitrogens is 2. The molecule has 0 radical (unpaired) electrons. The van der Waals surface area contributed by atoms with Crippen LogP contribution < -0.4 is 5.69 Å². The molecular formula is C27H29N3O3. The third-order valence-corrected chi connectivity index (χ3v) is 6.87. The van der Waals surface area contributed by atoms with Crippen LogP contribution in [0.5, 0.6) is 0 Å². The first-order chi connectivity index (χ1) is 15.9. The van der Waals surface area contributed by atoms with Crippen LogP contribution in [0.15, 0.2) is 41.2 Å². The normalized spacial score (nSPS) is 17.7. The number of carbonyl (C=O) groups excluding carboxylic acids is 2. The second kappa shape index (κ2) is 8.58. The van der Waals surface area contributed by atoms with Crippen molar-refractivity contribution >= 4 is 22.5 Å². The topological polar surface area (TPSA) is 83.1 Å². The molecule has 2 aromatic carbocycles. The Kier molecular flexibility index (Phi) is 5.60. The number of piperidine rings is 1. The summed E-state index contributed by atoms with van der Waals surface area (Å²) >= 11 is 0. The lowest BCUT2D eigenvalue weighted by atomic mass is 9.87. The van der Waals surface area contributed by atoms with Crippen LogP contribution in [0.3, 0.4) is 0 Å².